The molecule has 1 saturated heterocycles. The third-order valence-electron chi connectivity index (χ3n) is 3.28. The van der Waals surface area contributed by atoms with E-state index in [9.17, 15) is 18.0 Å². The van der Waals surface area contributed by atoms with Gasteiger partial charge < -0.3 is 11.1 Å². The molecule has 1 aliphatic rings. The smallest absolute Gasteiger partial charge is 0.252 e. The highest BCUT2D eigenvalue weighted by Gasteiger charge is 2.46. The third kappa shape index (κ3) is 3.19. The summed E-state index contributed by atoms with van der Waals surface area (Å²) in [4.78, 5) is 23.8. The molecule has 0 aliphatic carbocycles. The maximum absolute atomic E-state index is 12.3. The second-order valence-corrected chi connectivity index (χ2v) is 8.06. The van der Waals surface area contributed by atoms with Gasteiger partial charge in [-0.25, -0.2) is 8.42 Å². The minimum absolute atomic E-state index is 0.0537. The lowest BCUT2D eigenvalue weighted by molar-refractivity contribution is 0.0904. The number of nitrogens with two attached hydrogens (primary N) is 1. The first-order chi connectivity index (χ1) is 9.53. The maximum Gasteiger partial charge on any atom is 0.252 e. The Balaban J connectivity index is 2.34. The van der Waals surface area contributed by atoms with Gasteiger partial charge in [0.05, 0.1) is 28.2 Å². The summed E-state index contributed by atoms with van der Waals surface area (Å²) < 4.78 is 22.5. The Bertz CT molecular complexity index is 731. The Kier molecular flexibility index (Phi) is 3.75. The van der Waals surface area contributed by atoms with Crippen LogP contribution in [0.3, 0.4) is 0 Å². The largest absolute Gasteiger partial charge is 0.366 e. The molecule has 1 fully saturated rings. The molecule has 0 saturated carbocycles. The lowest BCUT2D eigenvalue weighted by Crippen LogP contribution is -2.63. The van der Waals surface area contributed by atoms with Crippen LogP contribution in [0.5, 0.6) is 0 Å². The van der Waals surface area contributed by atoms with Gasteiger partial charge in [0.2, 0.25) is 5.91 Å². The van der Waals surface area contributed by atoms with Gasteiger partial charge in [-0.15, -0.1) is 0 Å². The van der Waals surface area contributed by atoms with Crippen molar-refractivity contribution in [3.63, 3.8) is 0 Å². The molecule has 1 aromatic carbocycles. The van der Waals surface area contributed by atoms with Crippen LogP contribution in [-0.2, 0) is 9.84 Å². The highest BCUT2D eigenvalue weighted by molar-refractivity contribution is 7.93. The van der Waals surface area contributed by atoms with Crippen molar-refractivity contribution in [3.05, 3.63) is 33.8 Å². The van der Waals surface area contributed by atoms with Gasteiger partial charge in [0, 0.05) is 5.02 Å². The average molecular weight is 331 g/mol. The molecular weight excluding hydrogens is 316 g/mol. The van der Waals surface area contributed by atoms with E-state index in [-0.39, 0.29) is 22.6 Å². The van der Waals surface area contributed by atoms with Crippen LogP contribution in [0.4, 0.5) is 0 Å². The van der Waals surface area contributed by atoms with Crippen molar-refractivity contribution in [1.29, 1.82) is 0 Å². The molecule has 2 rings (SSSR count). The van der Waals surface area contributed by atoms with Gasteiger partial charge in [0.15, 0.2) is 9.84 Å². The van der Waals surface area contributed by atoms with Gasteiger partial charge in [-0.3, -0.25) is 9.59 Å². The lowest BCUT2D eigenvalue weighted by atomic mass is 9.99. The quantitative estimate of drug-likeness (QED) is 0.849. The van der Waals surface area contributed by atoms with E-state index in [0.717, 1.165) is 0 Å². The number of carbonyl (C=O) groups excluding carboxylic acids is 2. The van der Waals surface area contributed by atoms with Gasteiger partial charge in [-0.05, 0) is 31.5 Å². The highest BCUT2D eigenvalue weighted by atomic mass is 35.5. The zero-order chi connectivity index (χ0) is 16.0. The molecule has 0 radical (unpaired) electrons. The standard InChI is InChI=1S/C13H15ClN2O4S/c1-7-3-8(14)4-9(10(7)11(15)17)12(18)16-13(2)5-21(19,20)6-13/h3-4H,5-6H2,1-2H3,(H2,15,17)(H,16,18). The number of amides is 2. The van der Waals surface area contributed by atoms with Gasteiger partial charge in [0.25, 0.3) is 5.91 Å². The molecule has 0 spiro atoms. The van der Waals surface area contributed by atoms with Crippen molar-refractivity contribution in [2.24, 2.45) is 5.73 Å². The lowest BCUT2D eigenvalue weighted by Gasteiger charge is -2.38. The molecule has 0 bridgehead atoms. The number of halogens is 1. The van der Waals surface area contributed by atoms with Crippen LogP contribution in [0, 0.1) is 6.92 Å². The normalized spacial score (nSPS) is 18.6. The van der Waals surface area contributed by atoms with E-state index in [2.05, 4.69) is 5.32 Å². The van der Waals surface area contributed by atoms with Gasteiger partial charge in [-0.2, -0.15) is 0 Å². The molecule has 21 heavy (non-hydrogen) atoms. The number of rotatable bonds is 3. The number of hydrogen-bond donors (Lipinski definition) is 2. The highest BCUT2D eigenvalue weighted by Crippen LogP contribution is 2.25. The molecule has 1 aliphatic heterocycles. The Morgan fingerprint density at radius 1 is 1.33 bits per heavy atom. The number of sulfone groups is 1. The molecule has 0 unspecified atom stereocenters. The third-order valence-corrected chi connectivity index (χ3v) is 5.66. The Hall–Kier alpha value is -1.60. The number of hydrogen-bond acceptors (Lipinski definition) is 4. The first kappa shape index (κ1) is 15.8. The van der Waals surface area contributed by atoms with Crippen molar-refractivity contribution in [1.82, 2.24) is 5.32 Å². The molecule has 1 heterocycles. The zero-order valence-electron chi connectivity index (χ0n) is 11.6. The van der Waals surface area contributed by atoms with E-state index in [4.69, 9.17) is 17.3 Å². The maximum atomic E-state index is 12.3. The van der Waals surface area contributed by atoms with E-state index in [1.54, 1.807) is 13.8 Å². The van der Waals surface area contributed by atoms with Crippen LogP contribution in [-0.4, -0.2) is 37.3 Å². The van der Waals surface area contributed by atoms with Crippen LogP contribution in [0.2, 0.25) is 5.02 Å². The van der Waals surface area contributed by atoms with Crippen molar-refractivity contribution in [2.45, 2.75) is 19.4 Å². The monoisotopic (exact) mass is 330 g/mol. The summed E-state index contributed by atoms with van der Waals surface area (Å²) in [6.45, 7) is 3.26. The van der Waals surface area contributed by atoms with Crippen molar-refractivity contribution >= 4 is 33.3 Å². The van der Waals surface area contributed by atoms with Crippen LogP contribution in [0.25, 0.3) is 0 Å². The van der Waals surface area contributed by atoms with Crippen LogP contribution < -0.4 is 11.1 Å². The molecule has 6 nitrogen and oxygen atoms in total. The van der Waals surface area contributed by atoms with E-state index in [1.165, 1.54) is 12.1 Å². The number of nitrogens with one attached hydrogen (secondary N) is 1. The SMILES string of the molecule is Cc1cc(Cl)cc(C(=O)NC2(C)CS(=O)(=O)C2)c1C(N)=O. The molecule has 0 aromatic heterocycles. The first-order valence-corrected chi connectivity index (χ1v) is 8.36. The Morgan fingerprint density at radius 3 is 2.38 bits per heavy atom. The average Bonchev–Trinajstić information content (AvgIpc) is 2.23. The number of carbonyl (C=O) groups is 2. The molecule has 3 N–H and O–H groups in total. The van der Waals surface area contributed by atoms with Crippen LogP contribution in [0.1, 0.15) is 33.2 Å². The summed E-state index contributed by atoms with van der Waals surface area (Å²) in [7, 11) is -3.09. The second-order valence-electron chi connectivity index (χ2n) is 5.56. The minimum atomic E-state index is -3.09. The van der Waals surface area contributed by atoms with Crippen molar-refractivity contribution < 1.29 is 18.0 Å². The van der Waals surface area contributed by atoms with E-state index < -0.39 is 27.2 Å². The van der Waals surface area contributed by atoms with Crippen molar-refractivity contribution in [2.75, 3.05) is 11.5 Å². The van der Waals surface area contributed by atoms with Gasteiger partial charge >= 0.3 is 0 Å². The molecule has 114 valence electrons. The summed E-state index contributed by atoms with van der Waals surface area (Å²) >= 11 is 5.91. The van der Waals surface area contributed by atoms with Gasteiger partial charge in [0.1, 0.15) is 0 Å². The Labute approximate surface area is 127 Å². The number of benzene rings is 1. The first-order valence-electron chi connectivity index (χ1n) is 6.16. The molecule has 0 atom stereocenters. The van der Waals surface area contributed by atoms with Gasteiger partial charge in [-0.1, -0.05) is 11.6 Å². The van der Waals surface area contributed by atoms with E-state index in [1.807, 2.05) is 0 Å². The summed E-state index contributed by atoms with van der Waals surface area (Å²) in [5, 5.41) is 2.93. The van der Waals surface area contributed by atoms with E-state index >= 15 is 0 Å². The topological polar surface area (TPSA) is 106 Å². The molecule has 2 amide bonds. The predicted molar refractivity (Wildman–Crippen MR) is 79.2 cm³/mol. The molecule has 1 aromatic rings. The molecular formula is C13H15ClN2O4S. The predicted octanol–water partition coefficient (Wildman–Crippen LogP) is 0.664. The fraction of sp³-hybridized carbons (Fsp3) is 0.385. The number of primary amides is 1. The summed E-state index contributed by atoms with van der Waals surface area (Å²) in [6.07, 6.45) is 0. The van der Waals surface area contributed by atoms with E-state index in [0.29, 0.717) is 10.6 Å². The van der Waals surface area contributed by atoms with Crippen LogP contribution in [0.15, 0.2) is 12.1 Å². The summed E-state index contributed by atoms with van der Waals surface area (Å²) in [5.41, 5.74) is 5.10. The fourth-order valence-electron chi connectivity index (χ4n) is 2.59. The van der Waals surface area contributed by atoms with Crippen LogP contribution >= 0.6 is 11.6 Å². The minimum Gasteiger partial charge on any atom is -0.366 e. The zero-order valence-corrected chi connectivity index (χ0v) is 13.1. The Morgan fingerprint density at radius 2 is 1.90 bits per heavy atom. The fourth-order valence-corrected chi connectivity index (χ4v) is 4.87. The van der Waals surface area contributed by atoms with Crippen molar-refractivity contribution in [3.8, 4) is 0 Å². The second kappa shape index (κ2) is 4.99. The molecule has 8 heteroatoms. The summed E-state index contributed by atoms with van der Waals surface area (Å²) in [6, 6.07) is 2.88. The summed E-state index contributed by atoms with van der Waals surface area (Å²) in [5.74, 6) is -1.55. The number of aryl methyl sites for hydroxylation is 1.